The van der Waals surface area contributed by atoms with Crippen LogP contribution in [-0.4, -0.2) is 16.4 Å². The van der Waals surface area contributed by atoms with Gasteiger partial charge in [0.2, 0.25) is 0 Å². The monoisotopic (exact) mass is 128 g/mol. The number of nitrogens with two attached hydrogens (primary N) is 1. The zero-order valence-corrected chi connectivity index (χ0v) is 6.33. The molecule has 0 aromatic carbocycles. The Hall–Kier alpha value is -0.440. The summed E-state index contributed by atoms with van der Waals surface area (Å²) in [5.41, 5.74) is 4.15. The molecule has 0 aliphatic carbocycles. The van der Waals surface area contributed by atoms with Gasteiger partial charge < -0.3 is 17.4 Å². The number of carbonyl (C=O) groups is 1. The number of hydrogen-bond donors (Lipinski definition) is 3. The van der Waals surface area contributed by atoms with E-state index >= 15 is 0 Å². The molecule has 0 fully saturated rings. The molecule has 6 heteroatoms. The number of hydrogen-bond acceptors (Lipinski definition) is 3. The second-order valence-electron chi connectivity index (χ2n) is 0.412. The van der Waals surface area contributed by atoms with E-state index in [9.17, 15) is 0 Å². The van der Waals surface area contributed by atoms with Crippen LogP contribution in [0.25, 0.3) is 0 Å². The van der Waals surface area contributed by atoms with E-state index in [2.05, 4.69) is 5.73 Å². The summed E-state index contributed by atoms with van der Waals surface area (Å²) >= 11 is 0. The van der Waals surface area contributed by atoms with Crippen molar-refractivity contribution < 1.29 is 46.0 Å². The molecule has 42 valence electrons. The molecule has 0 spiro atoms. The van der Waals surface area contributed by atoms with Crippen LogP contribution in [0.15, 0.2) is 0 Å². The minimum atomic E-state index is -1.83. The Morgan fingerprint density at radius 2 is 1.75 bits per heavy atom. The molecule has 0 bridgehead atoms. The van der Waals surface area contributed by atoms with Gasteiger partial charge in [-0.3, -0.25) is 0 Å². The molecule has 8 heavy (non-hydrogen) atoms. The molecular weight excluding hydrogens is 123 g/mol. The normalized spacial score (nSPS) is 3.88. The van der Waals surface area contributed by atoms with Gasteiger partial charge in [-0.25, -0.2) is 4.79 Å². The van der Waals surface area contributed by atoms with Crippen molar-refractivity contribution in [2.24, 2.45) is 5.73 Å². The SMILES string of the molecule is N#CN.O=C(O)O.[H-].[Na+]. The fourth-order valence-corrected chi connectivity index (χ4v) is 0. The zero-order valence-electron chi connectivity index (χ0n) is 5.33. The summed E-state index contributed by atoms with van der Waals surface area (Å²) in [5, 5.41) is 21.0. The quantitative estimate of drug-likeness (QED) is 0.180. The van der Waals surface area contributed by atoms with Crippen molar-refractivity contribution in [3.05, 3.63) is 0 Å². The first-order valence-electron chi connectivity index (χ1n) is 1.16. The summed E-state index contributed by atoms with van der Waals surface area (Å²) in [7, 11) is 0. The Balaban J connectivity index is -0.0000000233. The molecular formula is C2H5N2NaO3. The van der Waals surface area contributed by atoms with Crippen molar-refractivity contribution in [1.82, 2.24) is 0 Å². The van der Waals surface area contributed by atoms with Crippen LogP contribution in [-0.2, 0) is 0 Å². The predicted octanol–water partition coefficient (Wildman–Crippen LogP) is -3.23. The topological polar surface area (TPSA) is 107 Å². The van der Waals surface area contributed by atoms with E-state index < -0.39 is 6.16 Å². The van der Waals surface area contributed by atoms with E-state index in [0.717, 1.165) is 0 Å². The summed E-state index contributed by atoms with van der Waals surface area (Å²) in [4.78, 5) is 8.56. The molecule has 5 nitrogen and oxygen atoms in total. The molecule has 0 aromatic rings. The fraction of sp³-hybridized carbons (Fsp3) is 0. The van der Waals surface area contributed by atoms with Crippen LogP contribution < -0.4 is 35.3 Å². The van der Waals surface area contributed by atoms with Crippen LogP contribution in [0.3, 0.4) is 0 Å². The number of carboxylic acid groups (broad SMARTS) is 2. The Labute approximate surface area is 69.5 Å². The molecule has 0 aliphatic rings. The van der Waals surface area contributed by atoms with Crippen LogP contribution in [0.4, 0.5) is 4.79 Å². The molecule has 0 aromatic heterocycles. The molecule has 0 unspecified atom stereocenters. The molecule has 4 N–H and O–H groups in total. The smallest absolute Gasteiger partial charge is 1.00 e. The zero-order chi connectivity index (χ0) is 6.28. The third-order valence-electron chi connectivity index (χ3n) is 0. The first kappa shape index (κ1) is 15.6. The maximum atomic E-state index is 8.56. The molecule has 0 radical (unpaired) electrons. The van der Waals surface area contributed by atoms with E-state index in [1.807, 2.05) is 0 Å². The van der Waals surface area contributed by atoms with Crippen molar-refractivity contribution in [3.63, 3.8) is 0 Å². The van der Waals surface area contributed by atoms with Crippen molar-refractivity contribution in [2.45, 2.75) is 0 Å². The Kier molecular flexibility index (Phi) is 31.3. The van der Waals surface area contributed by atoms with Gasteiger partial charge in [0.1, 0.15) is 0 Å². The first-order chi connectivity index (χ1) is 3.15. The molecule has 0 saturated heterocycles. The average Bonchev–Trinajstić information content (AvgIpc) is 1.33. The molecule has 0 heterocycles. The Bertz CT molecular complexity index is 88.3. The van der Waals surface area contributed by atoms with E-state index in [1.54, 1.807) is 0 Å². The third-order valence-corrected chi connectivity index (χ3v) is 0. The molecule has 0 atom stereocenters. The maximum absolute atomic E-state index is 8.56. The van der Waals surface area contributed by atoms with E-state index in [4.69, 9.17) is 20.3 Å². The van der Waals surface area contributed by atoms with Gasteiger partial charge in [-0.2, -0.15) is 5.26 Å². The van der Waals surface area contributed by atoms with Gasteiger partial charge in [-0.15, -0.1) is 0 Å². The van der Waals surface area contributed by atoms with Crippen LogP contribution in [0.2, 0.25) is 0 Å². The van der Waals surface area contributed by atoms with Crippen molar-refractivity contribution >= 4 is 6.16 Å². The van der Waals surface area contributed by atoms with Gasteiger partial charge in [0, 0.05) is 0 Å². The second kappa shape index (κ2) is 16.0. The van der Waals surface area contributed by atoms with Crippen molar-refractivity contribution in [2.75, 3.05) is 0 Å². The minimum absolute atomic E-state index is 0. The van der Waals surface area contributed by atoms with Crippen LogP contribution >= 0.6 is 0 Å². The van der Waals surface area contributed by atoms with Crippen molar-refractivity contribution in [1.29, 1.82) is 5.26 Å². The molecule has 0 rings (SSSR count). The molecule has 0 saturated carbocycles. The van der Waals surface area contributed by atoms with Gasteiger partial charge in [0.15, 0.2) is 6.19 Å². The van der Waals surface area contributed by atoms with Gasteiger partial charge in [0.25, 0.3) is 0 Å². The van der Waals surface area contributed by atoms with Crippen LogP contribution in [0, 0.1) is 11.5 Å². The summed E-state index contributed by atoms with van der Waals surface area (Å²) in [5.74, 6) is 0. The van der Waals surface area contributed by atoms with Crippen LogP contribution in [0.1, 0.15) is 1.43 Å². The predicted molar refractivity (Wildman–Crippen MR) is 21.6 cm³/mol. The van der Waals surface area contributed by atoms with Gasteiger partial charge >= 0.3 is 35.7 Å². The van der Waals surface area contributed by atoms with Crippen LogP contribution in [0.5, 0.6) is 0 Å². The second-order valence-corrected chi connectivity index (χ2v) is 0.412. The maximum Gasteiger partial charge on any atom is 1.00 e. The van der Waals surface area contributed by atoms with Crippen molar-refractivity contribution in [3.8, 4) is 6.19 Å². The average molecular weight is 128 g/mol. The van der Waals surface area contributed by atoms with Gasteiger partial charge in [-0.05, 0) is 0 Å². The Morgan fingerprint density at radius 3 is 1.75 bits per heavy atom. The van der Waals surface area contributed by atoms with E-state index in [0.29, 0.717) is 0 Å². The van der Waals surface area contributed by atoms with Gasteiger partial charge in [0.05, 0.1) is 0 Å². The standard InChI is InChI=1S/CH2N2.CH2O3.Na.H/c2-1-3;2-1(3)4;;/h2H2;(H2,2,3,4);;/q;;+1;-1. The Morgan fingerprint density at radius 1 is 1.75 bits per heavy atom. The summed E-state index contributed by atoms with van der Waals surface area (Å²) in [6, 6.07) is 0. The van der Waals surface area contributed by atoms with E-state index in [-0.39, 0.29) is 31.0 Å². The molecule has 0 amide bonds. The summed E-state index contributed by atoms with van der Waals surface area (Å²) < 4.78 is 0. The largest absolute Gasteiger partial charge is 1.00 e. The fourth-order valence-electron chi connectivity index (χ4n) is 0. The summed E-state index contributed by atoms with van der Waals surface area (Å²) in [6.45, 7) is 0. The molecule has 0 aliphatic heterocycles. The minimum Gasteiger partial charge on any atom is -1.00 e. The summed E-state index contributed by atoms with van der Waals surface area (Å²) in [6.07, 6.45) is -0.583. The third kappa shape index (κ3) is 597. The number of nitriles is 1. The number of nitrogens with zero attached hydrogens (tertiary/aromatic N) is 1. The van der Waals surface area contributed by atoms with E-state index in [1.165, 1.54) is 6.19 Å². The van der Waals surface area contributed by atoms with Gasteiger partial charge in [-0.1, -0.05) is 0 Å². The first-order valence-corrected chi connectivity index (χ1v) is 1.16. The number of rotatable bonds is 0.